The monoisotopic (exact) mass is 656 g/mol. The normalized spacial score (nSPS) is 11.5. The summed E-state index contributed by atoms with van der Waals surface area (Å²) in [6.45, 7) is 11.7. The highest BCUT2D eigenvalue weighted by Gasteiger charge is 2.20. The third-order valence-corrected chi connectivity index (χ3v) is 9.42. The van der Waals surface area contributed by atoms with E-state index in [-0.39, 0.29) is 38.2 Å². The number of benzene rings is 5. The summed E-state index contributed by atoms with van der Waals surface area (Å²) in [5.41, 5.74) is 1.46. The van der Waals surface area contributed by atoms with Gasteiger partial charge in [-0.25, -0.2) is 16.8 Å². The Hall–Kier alpha value is -4.04. The summed E-state index contributed by atoms with van der Waals surface area (Å²) in [5, 5.41) is 20.1. The Labute approximate surface area is 264 Å². The van der Waals surface area contributed by atoms with Gasteiger partial charge < -0.3 is 30.0 Å². The molecule has 6 N–H and O–H groups in total. The van der Waals surface area contributed by atoms with Crippen LogP contribution in [0.2, 0.25) is 0 Å². The second kappa shape index (κ2) is 15.8. The van der Waals surface area contributed by atoms with Gasteiger partial charge in [0.05, 0.1) is 29.4 Å². The van der Waals surface area contributed by atoms with Crippen molar-refractivity contribution >= 4 is 41.8 Å². The van der Waals surface area contributed by atoms with E-state index in [0.717, 1.165) is 12.1 Å². The molecular formula is C33H40N2O8S2. The Bertz CT molecular complexity index is 1810. The molecule has 0 fully saturated rings. The fourth-order valence-electron chi connectivity index (χ4n) is 4.92. The molecule has 242 valence electrons. The van der Waals surface area contributed by atoms with Crippen molar-refractivity contribution in [1.29, 1.82) is 0 Å². The van der Waals surface area contributed by atoms with Crippen molar-refractivity contribution in [2.75, 3.05) is 19.6 Å². The van der Waals surface area contributed by atoms with Gasteiger partial charge in [0.15, 0.2) is 0 Å². The number of hydrogen-bond acceptors (Lipinski definition) is 8. The van der Waals surface area contributed by atoms with Crippen molar-refractivity contribution in [3.63, 3.8) is 0 Å². The van der Waals surface area contributed by atoms with E-state index in [9.17, 15) is 36.2 Å². The van der Waals surface area contributed by atoms with Crippen LogP contribution in [0.5, 0.6) is 11.5 Å². The van der Waals surface area contributed by atoms with Gasteiger partial charge in [0.25, 0.3) is 0 Å². The minimum atomic E-state index is -4.51. The summed E-state index contributed by atoms with van der Waals surface area (Å²) in [5.74, 6) is -0.0870. The fraction of sp³-hybridized carbons (Fsp3) is 0.212. The summed E-state index contributed by atoms with van der Waals surface area (Å²) in [4.78, 5) is -0.619. The van der Waals surface area contributed by atoms with Crippen molar-refractivity contribution in [2.24, 2.45) is 0 Å². The molecule has 0 unspecified atom stereocenters. The van der Waals surface area contributed by atoms with E-state index in [1.807, 2.05) is 0 Å². The highest BCUT2D eigenvalue weighted by molar-refractivity contribution is 7.86. The molecule has 0 aliphatic carbocycles. The SMILES string of the molecule is CC[N+](CC)(CC)Cc1ccccc1.O=S(=O)([O-])c1ccc(O)c2ccccc12.O=S(=O)([O-])c1ccc(O)c2ccccc12.[NH4+]. The van der Waals surface area contributed by atoms with E-state index in [0.29, 0.717) is 10.8 Å². The lowest BCUT2D eigenvalue weighted by Gasteiger charge is -2.35. The molecule has 0 aromatic heterocycles. The van der Waals surface area contributed by atoms with Crippen molar-refractivity contribution < 1.29 is 40.6 Å². The van der Waals surface area contributed by atoms with Crippen molar-refractivity contribution in [2.45, 2.75) is 37.1 Å². The number of fused-ring (bicyclic) bond motifs is 2. The largest absolute Gasteiger partial charge is 0.744 e. The molecule has 0 aliphatic heterocycles. The summed E-state index contributed by atoms with van der Waals surface area (Å²) in [6.07, 6.45) is 0. The number of hydrogen-bond donors (Lipinski definition) is 3. The molecule has 5 aromatic rings. The van der Waals surface area contributed by atoms with E-state index in [1.54, 1.807) is 36.4 Å². The van der Waals surface area contributed by atoms with Gasteiger partial charge in [-0.2, -0.15) is 0 Å². The molecular weight excluding hydrogens is 617 g/mol. The Balaban J connectivity index is 0.000000233. The topological polar surface area (TPSA) is 191 Å². The number of phenolic OH excluding ortho intramolecular Hbond substituents is 2. The van der Waals surface area contributed by atoms with E-state index in [1.165, 1.54) is 60.5 Å². The van der Waals surface area contributed by atoms with Crippen LogP contribution < -0.4 is 6.15 Å². The van der Waals surface area contributed by atoms with Crippen LogP contribution in [0, 0.1) is 0 Å². The summed E-state index contributed by atoms with van der Waals surface area (Å²) in [7, 11) is -9.01. The Morgan fingerprint density at radius 1 is 0.533 bits per heavy atom. The molecule has 0 saturated heterocycles. The molecule has 0 saturated carbocycles. The van der Waals surface area contributed by atoms with Crippen molar-refractivity contribution in [1.82, 2.24) is 6.15 Å². The first-order valence-electron chi connectivity index (χ1n) is 14.0. The van der Waals surface area contributed by atoms with E-state index in [2.05, 4.69) is 51.1 Å². The standard InChI is InChI=1S/C13H22N.2C10H8O4S.H3N/c1-4-14(5-2,6-3)12-13-10-8-7-9-11-13;2*11-9-5-6-10(15(12,13)14)8-4-2-1-3-7(8)9;/h7-11H,4-6,12H2,1-3H3;2*1-6,11H,(H,12,13,14);1H3/q+1;;;/p-1. The van der Waals surface area contributed by atoms with Crippen molar-refractivity contribution in [3.8, 4) is 11.5 Å². The minimum absolute atomic E-state index is 0. The van der Waals surface area contributed by atoms with Crippen LogP contribution >= 0.6 is 0 Å². The molecule has 0 heterocycles. The number of aromatic hydroxyl groups is 2. The number of rotatable bonds is 7. The average Bonchev–Trinajstić information content (AvgIpc) is 3.00. The molecule has 12 heteroatoms. The van der Waals surface area contributed by atoms with Gasteiger partial charge in [-0.05, 0) is 45.0 Å². The minimum Gasteiger partial charge on any atom is -0.744 e. The zero-order chi connectivity index (χ0) is 32.5. The van der Waals surface area contributed by atoms with Gasteiger partial charge in [0, 0.05) is 27.1 Å². The molecule has 10 nitrogen and oxygen atoms in total. The Morgan fingerprint density at radius 3 is 1.20 bits per heavy atom. The molecule has 0 radical (unpaired) electrons. The molecule has 0 amide bonds. The molecule has 5 aromatic carbocycles. The highest BCUT2D eigenvalue weighted by Crippen LogP contribution is 2.30. The highest BCUT2D eigenvalue weighted by atomic mass is 32.2. The van der Waals surface area contributed by atoms with Crippen LogP contribution in [0.4, 0.5) is 0 Å². The van der Waals surface area contributed by atoms with Crippen LogP contribution in [0.3, 0.4) is 0 Å². The zero-order valence-corrected chi connectivity index (χ0v) is 27.4. The number of phenols is 2. The maximum Gasteiger partial charge on any atom is 0.125 e. The predicted octanol–water partition coefficient (Wildman–Crippen LogP) is 6.34. The zero-order valence-electron chi connectivity index (χ0n) is 25.8. The Morgan fingerprint density at radius 2 is 0.867 bits per heavy atom. The van der Waals surface area contributed by atoms with Gasteiger partial charge in [-0.1, -0.05) is 78.9 Å². The average molecular weight is 657 g/mol. The lowest BCUT2D eigenvalue weighted by Crippen LogP contribution is -2.46. The third-order valence-electron chi connectivity index (χ3n) is 7.63. The van der Waals surface area contributed by atoms with Crippen LogP contribution in [0.1, 0.15) is 26.3 Å². The van der Waals surface area contributed by atoms with Crippen LogP contribution in [0.25, 0.3) is 21.5 Å². The second-order valence-electron chi connectivity index (χ2n) is 10.1. The molecule has 45 heavy (non-hydrogen) atoms. The fourth-order valence-corrected chi connectivity index (χ4v) is 6.29. The predicted molar refractivity (Wildman–Crippen MR) is 175 cm³/mol. The first-order chi connectivity index (χ1) is 20.8. The van der Waals surface area contributed by atoms with Crippen molar-refractivity contribution in [3.05, 3.63) is 109 Å². The van der Waals surface area contributed by atoms with E-state index < -0.39 is 20.2 Å². The summed E-state index contributed by atoms with van der Waals surface area (Å²) < 4.78 is 66.7. The molecule has 0 spiro atoms. The number of quaternary nitrogens is 2. The van der Waals surface area contributed by atoms with Gasteiger partial charge in [-0.15, -0.1) is 0 Å². The maximum absolute atomic E-state index is 10.9. The Kier molecular flexibility index (Phi) is 13.0. The van der Waals surface area contributed by atoms with Crippen LogP contribution in [0.15, 0.2) is 113 Å². The van der Waals surface area contributed by atoms with Gasteiger partial charge >= 0.3 is 0 Å². The molecule has 5 rings (SSSR count). The molecule has 0 aliphatic rings. The molecule has 0 bridgehead atoms. The first kappa shape index (κ1) is 37.1. The van der Waals surface area contributed by atoms with E-state index in [4.69, 9.17) is 0 Å². The van der Waals surface area contributed by atoms with Gasteiger partial charge in [0.1, 0.15) is 38.3 Å². The molecule has 0 atom stereocenters. The maximum atomic E-state index is 10.9. The summed E-state index contributed by atoms with van der Waals surface area (Å²) >= 11 is 0. The lowest BCUT2D eigenvalue weighted by molar-refractivity contribution is -0.936. The van der Waals surface area contributed by atoms with Gasteiger partial charge in [0.2, 0.25) is 0 Å². The van der Waals surface area contributed by atoms with Crippen LogP contribution in [-0.2, 0) is 26.8 Å². The lowest BCUT2D eigenvalue weighted by atomic mass is 10.1. The van der Waals surface area contributed by atoms with E-state index >= 15 is 0 Å². The second-order valence-corrected chi connectivity index (χ2v) is 12.8. The smallest absolute Gasteiger partial charge is 0.125 e. The quantitative estimate of drug-likeness (QED) is 0.133. The first-order valence-corrected chi connectivity index (χ1v) is 16.8. The number of nitrogens with zero attached hydrogens (tertiary/aromatic N) is 1. The van der Waals surface area contributed by atoms with Gasteiger partial charge in [-0.3, -0.25) is 0 Å². The summed E-state index contributed by atoms with van der Waals surface area (Å²) in [6, 6.07) is 28.0. The van der Waals surface area contributed by atoms with Crippen LogP contribution in [-0.4, -0.2) is 60.3 Å². The third kappa shape index (κ3) is 9.47.